The highest BCUT2D eigenvalue weighted by atomic mass is 35.5. The minimum atomic E-state index is -0.260. The second-order valence-electron chi connectivity index (χ2n) is 4.46. The van der Waals surface area contributed by atoms with Crippen LogP contribution in [0.4, 0.5) is 0 Å². The van der Waals surface area contributed by atoms with Crippen LogP contribution >= 0.6 is 11.6 Å². The number of halogens is 1. The Morgan fingerprint density at radius 2 is 2.30 bits per heavy atom. The first-order chi connectivity index (χ1) is 9.58. The van der Waals surface area contributed by atoms with E-state index in [-0.39, 0.29) is 24.8 Å². The van der Waals surface area contributed by atoms with E-state index in [9.17, 15) is 4.79 Å². The lowest BCUT2D eigenvalue weighted by molar-refractivity contribution is 0.0712. The summed E-state index contributed by atoms with van der Waals surface area (Å²) >= 11 is 5.96. The van der Waals surface area contributed by atoms with E-state index >= 15 is 0 Å². The fraction of sp³-hybridized carbons (Fsp3) is 0.267. The number of hydrogen-bond donors (Lipinski definition) is 1. The molecule has 0 bridgehead atoms. The van der Waals surface area contributed by atoms with Crippen LogP contribution in [0, 0.1) is 6.92 Å². The van der Waals surface area contributed by atoms with Crippen LogP contribution in [0.5, 0.6) is 0 Å². The SMILES string of the molecule is C=CCN(CCO)C(=O)c1oc2ccc(Cl)cc2c1C. The molecule has 1 heterocycles. The summed E-state index contributed by atoms with van der Waals surface area (Å²) in [5.41, 5.74) is 1.37. The van der Waals surface area contributed by atoms with Crippen LogP contribution in [0.1, 0.15) is 16.1 Å². The smallest absolute Gasteiger partial charge is 0.290 e. The van der Waals surface area contributed by atoms with Gasteiger partial charge in [0, 0.05) is 29.1 Å². The van der Waals surface area contributed by atoms with E-state index in [4.69, 9.17) is 21.1 Å². The number of carbonyl (C=O) groups is 1. The molecule has 0 aliphatic heterocycles. The van der Waals surface area contributed by atoms with Crippen molar-refractivity contribution >= 4 is 28.5 Å². The molecule has 0 atom stereocenters. The number of furan rings is 1. The van der Waals surface area contributed by atoms with Gasteiger partial charge >= 0.3 is 0 Å². The number of hydrogen-bond acceptors (Lipinski definition) is 3. The fourth-order valence-corrected chi connectivity index (χ4v) is 2.27. The molecule has 1 amide bonds. The normalized spacial score (nSPS) is 10.8. The summed E-state index contributed by atoms with van der Waals surface area (Å²) in [6.45, 7) is 5.92. The Labute approximate surface area is 122 Å². The van der Waals surface area contributed by atoms with Gasteiger partial charge in [0.2, 0.25) is 0 Å². The van der Waals surface area contributed by atoms with E-state index in [0.717, 1.165) is 10.9 Å². The van der Waals surface area contributed by atoms with Crippen LogP contribution in [0.15, 0.2) is 35.3 Å². The van der Waals surface area contributed by atoms with Crippen molar-refractivity contribution in [1.29, 1.82) is 0 Å². The molecule has 0 fully saturated rings. The number of nitrogens with zero attached hydrogens (tertiary/aromatic N) is 1. The van der Waals surface area contributed by atoms with Crippen molar-refractivity contribution in [2.75, 3.05) is 19.7 Å². The monoisotopic (exact) mass is 293 g/mol. The lowest BCUT2D eigenvalue weighted by Crippen LogP contribution is -2.33. The van der Waals surface area contributed by atoms with Gasteiger partial charge < -0.3 is 14.4 Å². The van der Waals surface area contributed by atoms with Crippen molar-refractivity contribution in [3.63, 3.8) is 0 Å². The highest BCUT2D eigenvalue weighted by molar-refractivity contribution is 6.31. The number of aryl methyl sites for hydroxylation is 1. The molecule has 2 aromatic rings. The number of aliphatic hydroxyl groups excluding tert-OH is 1. The molecule has 1 aromatic heterocycles. The van der Waals surface area contributed by atoms with E-state index in [1.165, 1.54) is 4.90 Å². The van der Waals surface area contributed by atoms with Crippen LogP contribution in [0.3, 0.4) is 0 Å². The summed E-state index contributed by atoms with van der Waals surface area (Å²) in [7, 11) is 0. The third kappa shape index (κ3) is 2.71. The Hall–Kier alpha value is -1.78. The molecule has 0 spiro atoms. The molecule has 1 N–H and O–H groups in total. The average molecular weight is 294 g/mol. The van der Waals surface area contributed by atoms with Crippen LogP contribution in [-0.2, 0) is 0 Å². The Morgan fingerprint density at radius 1 is 1.55 bits per heavy atom. The predicted octanol–water partition coefficient (Wildman–Crippen LogP) is 3.02. The number of benzene rings is 1. The molecule has 0 saturated heterocycles. The first kappa shape index (κ1) is 14.6. The fourth-order valence-electron chi connectivity index (χ4n) is 2.09. The zero-order valence-corrected chi connectivity index (χ0v) is 12.0. The van der Waals surface area contributed by atoms with Crippen LogP contribution in [0.2, 0.25) is 5.02 Å². The van der Waals surface area contributed by atoms with Gasteiger partial charge in [-0.1, -0.05) is 17.7 Å². The molecule has 0 radical (unpaired) electrons. The number of rotatable bonds is 5. The molecule has 2 rings (SSSR count). The summed E-state index contributed by atoms with van der Waals surface area (Å²) in [6.07, 6.45) is 1.61. The first-order valence-electron chi connectivity index (χ1n) is 6.28. The molecule has 0 aliphatic rings. The zero-order valence-electron chi connectivity index (χ0n) is 11.2. The second-order valence-corrected chi connectivity index (χ2v) is 4.90. The Kier molecular flexibility index (Phi) is 4.47. The van der Waals surface area contributed by atoms with Crippen molar-refractivity contribution in [3.05, 3.63) is 47.2 Å². The van der Waals surface area contributed by atoms with Crippen molar-refractivity contribution in [3.8, 4) is 0 Å². The van der Waals surface area contributed by atoms with Gasteiger partial charge in [0.1, 0.15) is 5.58 Å². The van der Waals surface area contributed by atoms with Gasteiger partial charge in [0.15, 0.2) is 5.76 Å². The van der Waals surface area contributed by atoms with Gasteiger partial charge in [-0.2, -0.15) is 0 Å². The van der Waals surface area contributed by atoms with E-state index in [1.807, 2.05) is 6.92 Å². The molecule has 4 nitrogen and oxygen atoms in total. The van der Waals surface area contributed by atoms with Crippen LogP contribution in [-0.4, -0.2) is 35.6 Å². The minimum absolute atomic E-state index is 0.106. The largest absolute Gasteiger partial charge is 0.451 e. The predicted molar refractivity (Wildman–Crippen MR) is 79.1 cm³/mol. The van der Waals surface area contributed by atoms with Gasteiger partial charge in [-0.15, -0.1) is 6.58 Å². The second kappa shape index (κ2) is 6.11. The van der Waals surface area contributed by atoms with E-state index in [2.05, 4.69) is 6.58 Å². The molecule has 106 valence electrons. The standard InChI is InChI=1S/C15H16ClNO3/c1-3-6-17(7-8-18)15(19)14-10(2)12-9-11(16)4-5-13(12)20-14/h3-5,9,18H,1,6-8H2,2H3. The Balaban J connectivity index is 2.43. The summed E-state index contributed by atoms with van der Waals surface area (Å²) in [5, 5.41) is 10.4. The molecule has 0 saturated carbocycles. The van der Waals surface area contributed by atoms with Crippen molar-refractivity contribution in [2.24, 2.45) is 0 Å². The molecular formula is C15H16ClNO3. The van der Waals surface area contributed by atoms with E-state index in [1.54, 1.807) is 24.3 Å². The Bertz CT molecular complexity index is 648. The average Bonchev–Trinajstić information content (AvgIpc) is 2.75. The summed E-state index contributed by atoms with van der Waals surface area (Å²) in [5.74, 6) is 0.0151. The molecular weight excluding hydrogens is 278 g/mol. The number of fused-ring (bicyclic) bond motifs is 1. The lowest BCUT2D eigenvalue weighted by Gasteiger charge is -2.18. The summed E-state index contributed by atoms with van der Waals surface area (Å²) in [6, 6.07) is 5.23. The third-order valence-electron chi connectivity index (χ3n) is 3.10. The van der Waals surface area contributed by atoms with Crippen LogP contribution in [0.25, 0.3) is 11.0 Å². The van der Waals surface area contributed by atoms with Crippen LogP contribution < -0.4 is 0 Å². The molecule has 0 aliphatic carbocycles. The van der Waals surface area contributed by atoms with Gasteiger partial charge in [-0.3, -0.25) is 4.79 Å². The molecule has 0 unspecified atom stereocenters. The van der Waals surface area contributed by atoms with Gasteiger partial charge in [0.05, 0.1) is 6.61 Å². The maximum atomic E-state index is 12.4. The highest BCUT2D eigenvalue weighted by Gasteiger charge is 2.22. The minimum Gasteiger partial charge on any atom is -0.451 e. The van der Waals surface area contributed by atoms with Crippen molar-refractivity contribution in [1.82, 2.24) is 4.90 Å². The van der Waals surface area contributed by atoms with Gasteiger partial charge in [0.25, 0.3) is 5.91 Å². The third-order valence-corrected chi connectivity index (χ3v) is 3.33. The van der Waals surface area contributed by atoms with Gasteiger partial charge in [-0.05, 0) is 25.1 Å². The first-order valence-corrected chi connectivity index (χ1v) is 6.66. The maximum absolute atomic E-state index is 12.4. The molecule has 20 heavy (non-hydrogen) atoms. The van der Waals surface area contributed by atoms with E-state index < -0.39 is 0 Å². The van der Waals surface area contributed by atoms with Crippen molar-refractivity contribution in [2.45, 2.75) is 6.92 Å². The summed E-state index contributed by atoms with van der Waals surface area (Å²) < 4.78 is 5.62. The van der Waals surface area contributed by atoms with Gasteiger partial charge in [-0.25, -0.2) is 0 Å². The lowest BCUT2D eigenvalue weighted by atomic mass is 10.1. The van der Waals surface area contributed by atoms with E-state index in [0.29, 0.717) is 17.2 Å². The number of carbonyl (C=O) groups excluding carboxylic acids is 1. The molecule has 5 heteroatoms. The highest BCUT2D eigenvalue weighted by Crippen LogP contribution is 2.28. The maximum Gasteiger partial charge on any atom is 0.290 e. The topological polar surface area (TPSA) is 53.7 Å². The van der Waals surface area contributed by atoms with Crippen molar-refractivity contribution < 1.29 is 14.3 Å². The Morgan fingerprint density at radius 3 is 2.95 bits per heavy atom. The summed E-state index contributed by atoms with van der Waals surface area (Å²) in [4.78, 5) is 13.9. The molecule has 1 aromatic carbocycles. The number of amides is 1. The zero-order chi connectivity index (χ0) is 14.7. The quantitative estimate of drug-likeness (QED) is 0.862. The number of aliphatic hydroxyl groups is 1.